The van der Waals surface area contributed by atoms with Gasteiger partial charge in [0.25, 0.3) is 0 Å². The van der Waals surface area contributed by atoms with Gasteiger partial charge in [0, 0.05) is 19.6 Å². The molecule has 0 aliphatic carbocycles. The summed E-state index contributed by atoms with van der Waals surface area (Å²) >= 11 is 0. The van der Waals surface area contributed by atoms with Gasteiger partial charge < -0.3 is 9.47 Å². The van der Waals surface area contributed by atoms with Gasteiger partial charge in [0.1, 0.15) is 5.75 Å². The van der Waals surface area contributed by atoms with Crippen LogP contribution in [0.3, 0.4) is 0 Å². The molecule has 1 aromatic rings. The van der Waals surface area contributed by atoms with Gasteiger partial charge in [-0.25, -0.2) is 0 Å². The molecular weight excluding hydrogens is 271 g/mol. The molecule has 1 saturated heterocycles. The number of alkyl halides is 3. The van der Waals surface area contributed by atoms with E-state index in [1.807, 2.05) is 0 Å². The van der Waals surface area contributed by atoms with Gasteiger partial charge in [-0.2, -0.15) is 13.2 Å². The van der Waals surface area contributed by atoms with Crippen molar-refractivity contribution in [3.63, 3.8) is 0 Å². The van der Waals surface area contributed by atoms with E-state index in [-0.39, 0.29) is 5.75 Å². The molecule has 2 rings (SSSR count). The fourth-order valence-corrected chi connectivity index (χ4v) is 2.07. The molecule has 0 N–H and O–H groups in total. The van der Waals surface area contributed by atoms with Gasteiger partial charge in [0.05, 0.1) is 25.4 Å². The highest BCUT2D eigenvalue weighted by molar-refractivity contribution is 5.30. The normalized spacial score (nSPS) is 17.1. The van der Waals surface area contributed by atoms with Crippen molar-refractivity contribution in [2.24, 2.45) is 0 Å². The van der Waals surface area contributed by atoms with E-state index in [9.17, 15) is 13.2 Å². The summed E-state index contributed by atoms with van der Waals surface area (Å²) in [6.07, 6.45) is -3.54. The van der Waals surface area contributed by atoms with Crippen LogP contribution in [0.2, 0.25) is 0 Å². The summed E-state index contributed by atoms with van der Waals surface area (Å²) in [5.41, 5.74) is -0.678. The molecule has 0 atom stereocenters. The third kappa shape index (κ3) is 4.68. The highest BCUT2D eigenvalue weighted by atomic mass is 19.4. The molecule has 0 spiro atoms. The number of halogens is 3. The SMILES string of the molecule is FC(F)(F)c1cccc(OCCCN2CCOCC2)c1. The summed E-state index contributed by atoms with van der Waals surface area (Å²) in [4.78, 5) is 2.26. The molecule has 112 valence electrons. The number of nitrogens with zero attached hydrogens (tertiary/aromatic N) is 1. The lowest BCUT2D eigenvalue weighted by Gasteiger charge is -2.26. The van der Waals surface area contributed by atoms with E-state index in [0.29, 0.717) is 6.61 Å². The molecule has 1 heterocycles. The summed E-state index contributed by atoms with van der Waals surface area (Å²) in [7, 11) is 0. The van der Waals surface area contributed by atoms with Crippen LogP contribution in [0.25, 0.3) is 0 Å². The zero-order valence-electron chi connectivity index (χ0n) is 11.2. The minimum Gasteiger partial charge on any atom is -0.494 e. The lowest BCUT2D eigenvalue weighted by atomic mass is 10.2. The third-order valence-corrected chi connectivity index (χ3v) is 3.15. The Morgan fingerprint density at radius 2 is 1.95 bits per heavy atom. The van der Waals surface area contributed by atoms with Gasteiger partial charge in [-0.3, -0.25) is 4.90 Å². The Kier molecular flexibility index (Phi) is 5.25. The van der Waals surface area contributed by atoms with Crippen molar-refractivity contribution in [2.75, 3.05) is 39.5 Å². The molecule has 1 aliphatic rings. The van der Waals surface area contributed by atoms with Crippen LogP contribution in [0.15, 0.2) is 24.3 Å². The van der Waals surface area contributed by atoms with E-state index in [1.165, 1.54) is 6.07 Å². The van der Waals surface area contributed by atoms with E-state index in [2.05, 4.69) is 4.90 Å². The van der Waals surface area contributed by atoms with Crippen molar-refractivity contribution in [3.05, 3.63) is 29.8 Å². The molecule has 1 fully saturated rings. The first kappa shape index (κ1) is 15.1. The maximum absolute atomic E-state index is 12.5. The number of benzene rings is 1. The van der Waals surface area contributed by atoms with E-state index in [4.69, 9.17) is 9.47 Å². The molecule has 0 saturated carbocycles. The number of rotatable bonds is 5. The molecule has 6 heteroatoms. The van der Waals surface area contributed by atoms with E-state index >= 15 is 0 Å². The lowest BCUT2D eigenvalue weighted by Crippen LogP contribution is -2.37. The molecule has 3 nitrogen and oxygen atoms in total. The number of hydrogen-bond acceptors (Lipinski definition) is 3. The fourth-order valence-electron chi connectivity index (χ4n) is 2.07. The Hall–Kier alpha value is -1.27. The van der Waals surface area contributed by atoms with Crippen molar-refractivity contribution in [2.45, 2.75) is 12.6 Å². The van der Waals surface area contributed by atoms with Gasteiger partial charge >= 0.3 is 6.18 Å². The molecule has 0 aromatic heterocycles. The molecule has 0 bridgehead atoms. The fraction of sp³-hybridized carbons (Fsp3) is 0.571. The molecule has 0 radical (unpaired) electrons. The zero-order chi connectivity index (χ0) is 14.4. The van der Waals surface area contributed by atoms with E-state index in [1.54, 1.807) is 6.07 Å². The standard InChI is InChI=1S/C14H18F3NO2/c15-14(16,17)12-3-1-4-13(11-12)20-8-2-5-18-6-9-19-10-7-18/h1,3-4,11H,2,5-10H2. The quantitative estimate of drug-likeness (QED) is 0.778. The molecule has 1 aliphatic heterocycles. The van der Waals surface area contributed by atoms with Crippen molar-refractivity contribution in [3.8, 4) is 5.75 Å². The van der Waals surface area contributed by atoms with Gasteiger partial charge in [0.2, 0.25) is 0 Å². The first-order valence-electron chi connectivity index (χ1n) is 6.66. The van der Waals surface area contributed by atoms with E-state index in [0.717, 1.165) is 51.4 Å². The van der Waals surface area contributed by atoms with Gasteiger partial charge in [0.15, 0.2) is 0 Å². The van der Waals surface area contributed by atoms with Gasteiger partial charge in [-0.05, 0) is 24.6 Å². The Balaban J connectivity index is 1.73. The second-order valence-electron chi connectivity index (χ2n) is 4.68. The first-order chi connectivity index (χ1) is 9.55. The monoisotopic (exact) mass is 289 g/mol. The number of hydrogen-bond donors (Lipinski definition) is 0. The third-order valence-electron chi connectivity index (χ3n) is 3.15. The van der Waals surface area contributed by atoms with Crippen LogP contribution in [0.1, 0.15) is 12.0 Å². The van der Waals surface area contributed by atoms with Crippen molar-refractivity contribution >= 4 is 0 Å². The minimum atomic E-state index is -4.33. The topological polar surface area (TPSA) is 21.7 Å². The smallest absolute Gasteiger partial charge is 0.416 e. The average molecular weight is 289 g/mol. The summed E-state index contributed by atoms with van der Waals surface area (Å²) in [6, 6.07) is 4.99. The van der Waals surface area contributed by atoms with Crippen LogP contribution in [-0.2, 0) is 10.9 Å². The molecule has 20 heavy (non-hydrogen) atoms. The van der Waals surface area contributed by atoms with Crippen LogP contribution < -0.4 is 4.74 Å². The lowest BCUT2D eigenvalue weighted by molar-refractivity contribution is -0.137. The van der Waals surface area contributed by atoms with Crippen molar-refractivity contribution < 1.29 is 22.6 Å². The maximum Gasteiger partial charge on any atom is 0.416 e. The summed E-state index contributed by atoms with van der Waals surface area (Å²) in [5, 5.41) is 0. The van der Waals surface area contributed by atoms with Gasteiger partial charge in [-0.15, -0.1) is 0 Å². The van der Waals surface area contributed by atoms with Crippen LogP contribution in [-0.4, -0.2) is 44.4 Å². The Labute approximate surface area is 116 Å². The van der Waals surface area contributed by atoms with Crippen molar-refractivity contribution in [1.82, 2.24) is 4.90 Å². The van der Waals surface area contributed by atoms with Crippen LogP contribution >= 0.6 is 0 Å². The second-order valence-corrected chi connectivity index (χ2v) is 4.68. The number of ether oxygens (including phenoxy) is 2. The molecule has 0 unspecified atom stereocenters. The Morgan fingerprint density at radius 1 is 1.20 bits per heavy atom. The minimum absolute atomic E-state index is 0.266. The highest BCUT2D eigenvalue weighted by Crippen LogP contribution is 2.31. The maximum atomic E-state index is 12.5. The van der Waals surface area contributed by atoms with E-state index < -0.39 is 11.7 Å². The summed E-state index contributed by atoms with van der Waals surface area (Å²) < 4.78 is 48.2. The predicted octanol–water partition coefficient (Wildman–Crippen LogP) is 2.81. The van der Waals surface area contributed by atoms with Crippen LogP contribution in [0.5, 0.6) is 5.75 Å². The molecule has 1 aromatic carbocycles. The molecular formula is C14H18F3NO2. The van der Waals surface area contributed by atoms with Crippen LogP contribution in [0, 0.1) is 0 Å². The highest BCUT2D eigenvalue weighted by Gasteiger charge is 2.30. The number of morpholine rings is 1. The van der Waals surface area contributed by atoms with Gasteiger partial charge in [-0.1, -0.05) is 6.07 Å². The Morgan fingerprint density at radius 3 is 2.65 bits per heavy atom. The molecule has 0 amide bonds. The summed E-state index contributed by atoms with van der Waals surface area (Å²) in [6.45, 7) is 4.59. The average Bonchev–Trinajstić information content (AvgIpc) is 2.44. The van der Waals surface area contributed by atoms with Crippen LogP contribution in [0.4, 0.5) is 13.2 Å². The van der Waals surface area contributed by atoms with Crippen molar-refractivity contribution in [1.29, 1.82) is 0 Å². The summed E-state index contributed by atoms with van der Waals surface area (Å²) in [5.74, 6) is 0.266. The largest absolute Gasteiger partial charge is 0.494 e. The predicted molar refractivity (Wildman–Crippen MR) is 68.8 cm³/mol. The second kappa shape index (κ2) is 6.95. The Bertz CT molecular complexity index is 417. The first-order valence-corrected chi connectivity index (χ1v) is 6.66. The zero-order valence-corrected chi connectivity index (χ0v) is 11.2.